The fourth-order valence-electron chi connectivity index (χ4n) is 8.57. The quantitative estimate of drug-likeness (QED) is 0.344. The van der Waals surface area contributed by atoms with Gasteiger partial charge >= 0.3 is 6.18 Å². The Hall–Kier alpha value is -2.47. The number of halogens is 3. The van der Waals surface area contributed by atoms with Crippen molar-refractivity contribution in [1.29, 1.82) is 0 Å². The molecule has 0 bridgehead atoms. The zero-order chi connectivity index (χ0) is 33.6. The van der Waals surface area contributed by atoms with Gasteiger partial charge in [-0.15, -0.1) is 0 Å². The molecule has 2 atom stereocenters. The van der Waals surface area contributed by atoms with E-state index in [-0.39, 0.29) is 30.2 Å². The lowest BCUT2D eigenvalue weighted by molar-refractivity contribution is -0.248. The van der Waals surface area contributed by atoms with Crippen molar-refractivity contribution in [2.45, 2.75) is 75.0 Å². The maximum absolute atomic E-state index is 14.1. The summed E-state index contributed by atoms with van der Waals surface area (Å²) >= 11 is 0. The van der Waals surface area contributed by atoms with Gasteiger partial charge in [0.2, 0.25) is 5.91 Å². The van der Waals surface area contributed by atoms with E-state index in [2.05, 4.69) is 28.5 Å². The first-order chi connectivity index (χ1) is 22.2. The van der Waals surface area contributed by atoms with Crippen molar-refractivity contribution in [2.24, 2.45) is 17.3 Å². The molecule has 2 aromatic rings. The number of nitrogens with zero attached hydrogens (tertiary/aromatic N) is 4. The van der Waals surface area contributed by atoms with E-state index in [4.69, 9.17) is 0 Å². The summed E-state index contributed by atoms with van der Waals surface area (Å²) in [4.78, 5) is 22.9. The molecule has 0 unspecified atom stereocenters. The number of hydrogen-bond donors (Lipinski definition) is 0. The Morgan fingerprint density at radius 2 is 1.60 bits per heavy atom. The van der Waals surface area contributed by atoms with Gasteiger partial charge < -0.3 is 9.80 Å². The minimum absolute atomic E-state index is 0.00916. The molecule has 3 heterocycles. The van der Waals surface area contributed by atoms with Gasteiger partial charge in [-0.2, -0.15) is 13.2 Å². The van der Waals surface area contributed by atoms with Crippen LogP contribution in [0.15, 0.2) is 59.5 Å². The molecule has 3 saturated heterocycles. The van der Waals surface area contributed by atoms with Gasteiger partial charge in [0.15, 0.2) is 9.84 Å². The highest BCUT2D eigenvalue weighted by molar-refractivity contribution is 7.90. The molecular formula is C36H49F3N4O3S. The average Bonchev–Trinajstić information content (AvgIpc) is 3.54. The van der Waals surface area contributed by atoms with Crippen molar-refractivity contribution < 1.29 is 26.4 Å². The van der Waals surface area contributed by atoms with Gasteiger partial charge in [-0.3, -0.25) is 14.6 Å². The van der Waals surface area contributed by atoms with Crippen molar-refractivity contribution in [3.8, 4) is 0 Å². The van der Waals surface area contributed by atoms with Gasteiger partial charge in [-0.1, -0.05) is 62.7 Å². The van der Waals surface area contributed by atoms with Crippen LogP contribution in [-0.4, -0.2) is 104 Å². The molecule has 4 fully saturated rings. The maximum Gasteiger partial charge on any atom is 0.403 e. The first-order valence-corrected chi connectivity index (χ1v) is 19.0. The topological polar surface area (TPSA) is 64.2 Å². The number of hydrogen-bond acceptors (Lipinski definition) is 6. The first-order valence-electron chi connectivity index (χ1n) is 17.1. The Morgan fingerprint density at radius 3 is 2.15 bits per heavy atom. The van der Waals surface area contributed by atoms with Gasteiger partial charge in [0.05, 0.1) is 11.6 Å². The van der Waals surface area contributed by atoms with Gasteiger partial charge in [0.1, 0.15) is 5.41 Å². The normalized spacial score (nSPS) is 25.5. The summed E-state index contributed by atoms with van der Waals surface area (Å²) in [6.07, 6.45) is -1.03. The highest BCUT2D eigenvalue weighted by atomic mass is 32.2. The number of carbonyl (C=O) groups is 1. The summed E-state index contributed by atoms with van der Waals surface area (Å²) in [5, 5.41) is 0. The molecule has 1 spiro atoms. The molecule has 2 aromatic carbocycles. The molecule has 4 aliphatic rings. The Labute approximate surface area is 278 Å². The van der Waals surface area contributed by atoms with E-state index < -0.39 is 27.3 Å². The van der Waals surface area contributed by atoms with E-state index >= 15 is 0 Å². The average molecular weight is 675 g/mol. The van der Waals surface area contributed by atoms with Crippen LogP contribution in [0, 0.1) is 17.3 Å². The summed E-state index contributed by atoms with van der Waals surface area (Å²) < 4.78 is 66.2. The molecular weight excluding hydrogens is 625 g/mol. The predicted octanol–water partition coefficient (Wildman–Crippen LogP) is 5.63. The van der Waals surface area contributed by atoms with Crippen LogP contribution in [0.4, 0.5) is 13.2 Å². The van der Waals surface area contributed by atoms with E-state index in [1.165, 1.54) is 11.2 Å². The molecule has 0 radical (unpaired) electrons. The van der Waals surface area contributed by atoms with E-state index in [1.807, 2.05) is 42.5 Å². The van der Waals surface area contributed by atoms with Crippen LogP contribution in [0.3, 0.4) is 0 Å². The SMILES string of the molecule is CC(C)CN1CN(Cc2ccc(S(C)(=O)=O)cc2)CC12CCN(C[C@H]1CN(C(=O)C3(C(F)(F)F)CCC3)C[C@@H]1c1ccccc1)CC2. The van der Waals surface area contributed by atoms with Crippen LogP contribution in [0.5, 0.6) is 0 Å². The molecule has 3 aliphatic heterocycles. The van der Waals surface area contributed by atoms with Crippen LogP contribution < -0.4 is 0 Å². The van der Waals surface area contributed by atoms with Crippen LogP contribution in [0.2, 0.25) is 0 Å². The zero-order valence-electron chi connectivity index (χ0n) is 27.9. The smallest absolute Gasteiger partial charge is 0.341 e. The lowest BCUT2D eigenvalue weighted by Crippen LogP contribution is -2.56. The molecule has 1 saturated carbocycles. The first kappa shape index (κ1) is 34.4. The van der Waals surface area contributed by atoms with E-state index in [1.54, 1.807) is 12.1 Å². The van der Waals surface area contributed by atoms with Crippen molar-refractivity contribution in [2.75, 3.05) is 58.7 Å². The van der Waals surface area contributed by atoms with Crippen LogP contribution in [-0.2, 0) is 21.2 Å². The maximum atomic E-state index is 14.1. The lowest BCUT2D eigenvalue weighted by Gasteiger charge is -2.45. The summed E-state index contributed by atoms with van der Waals surface area (Å²) in [6, 6.07) is 17.2. The van der Waals surface area contributed by atoms with E-state index in [0.717, 1.165) is 69.9 Å². The Bertz CT molecular complexity index is 1500. The third-order valence-electron chi connectivity index (χ3n) is 11.3. The third kappa shape index (κ3) is 7.00. The van der Waals surface area contributed by atoms with Crippen LogP contribution in [0.1, 0.15) is 63.0 Å². The largest absolute Gasteiger partial charge is 0.403 e. The third-order valence-corrected chi connectivity index (χ3v) is 12.4. The molecule has 47 heavy (non-hydrogen) atoms. The second-order valence-corrected chi connectivity index (χ2v) is 17.1. The van der Waals surface area contributed by atoms with E-state index in [0.29, 0.717) is 30.3 Å². The number of carbonyl (C=O) groups excluding carboxylic acids is 1. The number of likely N-dealkylation sites (tertiary alicyclic amines) is 2. The summed E-state index contributed by atoms with van der Waals surface area (Å²) in [7, 11) is -3.23. The minimum atomic E-state index is -4.51. The molecule has 7 nitrogen and oxygen atoms in total. The Morgan fingerprint density at radius 1 is 0.936 bits per heavy atom. The van der Waals surface area contributed by atoms with Crippen LogP contribution in [0.25, 0.3) is 0 Å². The zero-order valence-corrected chi connectivity index (χ0v) is 28.7. The summed E-state index contributed by atoms with van der Waals surface area (Å²) in [5.74, 6) is -0.126. The monoisotopic (exact) mass is 674 g/mol. The summed E-state index contributed by atoms with van der Waals surface area (Å²) in [6.45, 7) is 11.3. The van der Waals surface area contributed by atoms with Gasteiger partial charge in [0.25, 0.3) is 0 Å². The molecule has 1 aliphatic carbocycles. The van der Waals surface area contributed by atoms with Crippen molar-refractivity contribution in [1.82, 2.24) is 19.6 Å². The molecule has 0 N–H and O–H groups in total. The predicted molar refractivity (Wildman–Crippen MR) is 176 cm³/mol. The number of rotatable bonds is 9. The van der Waals surface area contributed by atoms with Crippen molar-refractivity contribution >= 4 is 15.7 Å². The minimum Gasteiger partial charge on any atom is -0.341 e. The number of alkyl halides is 3. The summed E-state index contributed by atoms with van der Waals surface area (Å²) in [5.41, 5.74) is 0.0330. The number of sulfone groups is 1. The second-order valence-electron chi connectivity index (χ2n) is 15.1. The van der Waals surface area contributed by atoms with Crippen molar-refractivity contribution in [3.05, 3.63) is 65.7 Å². The fourth-order valence-corrected chi connectivity index (χ4v) is 9.20. The van der Waals surface area contributed by atoms with Gasteiger partial charge in [0, 0.05) is 57.0 Å². The van der Waals surface area contributed by atoms with E-state index in [9.17, 15) is 26.4 Å². The number of piperidine rings is 1. The molecule has 11 heteroatoms. The van der Waals surface area contributed by atoms with Gasteiger partial charge in [-0.05, 0) is 73.9 Å². The molecule has 258 valence electrons. The Kier molecular flexibility index (Phi) is 9.59. The second kappa shape index (κ2) is 13.1. The number of benzene rings is 2. The fraction of sp³-hybridized carbons (Fsp3) is 0.639. The highest BCUT2D eigenvalue weighted by Gasteiger charge is 2.65. The Balaban J connectivity index is 1.13. The van der Waals surface area contributed by atoms with Gasteiger partial charge in [-0.25, -0.2) is 8.42 Å². The molecule has 0 aromatic heterocycles. The highest BCUT2D eigenvalue weighted by Crippen LogP contribution is 2.55. The molecule has 1 amide bonds. The standard InChI is InChI=1S/C36H49F3N4O3S/c1-27(2)20-43-26-41(21-28-10-12-31(13-11-28)47(3,45)46)25-34(43)16-18-40(19-17-34)22-30-23-42(24-32(30)29-8-5-4-6-9-29)33(44)35(14-7-15-35)36(37,38)39/h4-6,8-13,27,30,32H,7,14-26H2,1-3H3/t30-,32+/m0/s1. The van der Waals surface area contributed by atoms with Crippen LogP contribution >= 0.6 is 0 Å². The van der Waals surface area contributed by atoms with Crippen molar-refractivity contribution in [3.63, 3.8) is 0 Å². The number of amides is 1. The lowest BCUT2D eigenvalue weighted by atomic mass is 9.67. The molecule has 6 rings (SSSR count).